The first-order valence-corrected chi connectivity index (χ1v) is 11.5. The van der Waals surface area contributed by atoms with Crippen molar-refractivity contribution in [1.82, 2.24) is 9.80 Å². The molecule has 2 aromatic carbocycles. The number of ketones is 1. The van der Waals surface area contributed by atoms with E-state index in [1.165, 1.54) is 4.90 Å². The van der Waals surface area contributed by atoms with Crippen LogP contribution in [0.3, 0.4) is 0 Å². The van der Waals surface area contributed by atoms with Crippen LogP contribution >= 0.6 is 11.6 Å². The summed E-state index contributed by atoms with van der Waals surface area (Å²) >= 11 is 6.23. The van der Waals surface area contributed by atoms with Gasteiger partial charge in [-0.25, -0.2) is 0 Å². The van der Waals surface area contributed by atoms with Gasteiger partial charge >= 0.3 is 0 Å². The summed E-state index contributed by atoms with van der Waals surface area (Å²) in [5, 5.41) is 11.7. The Morgan fingerprint density at radius 1 is 1.09 bits per heavy atom. The Morgan fingerprint density at radius 3 is 2.52 bits per heavy atom. The Kier molecular flexibility index (Phi) is 6.91. The number of fused-ring (bicyclic) bond motifs is 1. The molecule has 2 aliphatic heterocycles. The molecule has 2 aromatic rings. The second-order valence-electron chi connectivity index (χ2n) is 7.93. The van der Waals surface area contributed by atoms with E-state index in [1.54, 1.807) is 36.4 Å². The van der Waals surface area contributed by atoms with Crippen LogP contribution in [-0.4, -0.2) is 66.0 Å². The first kappa shape index (κ1) is 23.1. The highest BCUT2D eigenvalue weighted by Crippen LogP contribution is 2.41. The van der Waals surface area contributed by atoms with Crippen LogP contribution in [0.25, 0.3) is 5.76 Å². The van der Waals surface area contributed by atoms with Crippen LogP contribution in [0.2, 0.25) is 5.02 Å². The molecule has 1 atom stereocenters. The molecule has 4 rings (SSSR count). The highest BCUT2D eigenvalue weighted by molar-refractivity contribution is 6.46. The number of amides is 1. The van der Waals surface area contributed by atoms with Gasteiger partial charge in [0.1, 0.15) is 19.0 Å². The Morgan fingerprint density at radius 2 is 1.82 bits per heavy atom. The summed E-state index contributed by atoms with van der Waals surface area (Å²) in [6.45, 7) is 7.57. The number of rotatable bonds is 7. The first-order valence-electron chi connectivity index (χ1n) is 11.1. The number of carbonyl (C=O) groups excluding carboxylic acids is 2. The molecule has 0 radical (unpaired) electrons. The van der Waals surface area contributed by atoms with Gasteiger partial charge in [-0.15, -0.1) is 0 Å². The van der Waals surface area contributed by atoms with E-state index in [9.17, 15) is 14.7 Å². The Labute approximate surface area is 198 Å². The molecule has 2 heterocycles. The molecule has 2 aliphatic rings. The number of Topliss-reactive ketones (excluding diaryl/α,β-unsaturated/α-hetero) is 1. The lowest BCUT2D eigenvalue weighted by atomic mass is 9.95. The zero-order valence-electron chi connectivity index (χ0n) is 18.7. The molecule has 33 heavy (non-hydrogen) atoms. The van der Waals surface area contributed by atoms with Crippen molar-refractivity contribution >= 4 is 29.1 Å². The van der Waals surface area contributed by atoms with Gasteiger partial charge in [-0.2, -0.15) is 0 Å². The quantitative estimate of drug-likeness (QED) is 0.376. The topological polar surface area (TPSA) is 79.3 Å². The zero-order valence-corrected chi connectivity index (χ0v) is 19.5. The summed E-state index contributed by atoms with van der Waals surface area (Å²) < 4.78 is 11.2. The Bertz CT molecular complexity index is 1100. The number of likely N-dealkylation sites (N-methyl/N-ethyl adjacent to an activating group) is 1. The molecule has 0 saturated carbocycles. The number of aliphatic hydroxyl groups is 1. The van der Waals surface area contributed by atoms with Crippen LogP contribution in [0.15, 0.2) is 48.0 Å². The minimum atomic E-state index is -0.743. The van der Waals surface area contributed by atoms with Gasteiger partial charge in [-0.3, -0.25) is 9.59 Å². The average Bonchev–Trinajstić information content (AvgIpc) is 3.09. The van der Waals surface area contributed by atoms with Gasteiger partial charge in [0.05, 0.1) is 11.6 Å². The monoisotopic (exact) mass is 470 g/mol. The number of aliphatic hydroxyl groups excluding tert-OH is 1. The highest BCUT2D eigenvalue weighted by Gasteiger charge is 2.46. The number of ether oxygens (including phenoxy) is 2. The molecule has 1 N–H and O–H groups in total. The lowest BCUT2D eigenvalue weighted by molar-refractivity contribution is -0.140. The predicted molar refractivity (Wildman–Crippen MR) is 126 cm³/mol. The summed E-state index contributed by atoms with van der Waals surface area (Å²) in [6, 6.07) is 11.3. The van der Waals surface area contributed by atoms with Crippen LogP contribution in [0.1, 0.15) is 31.0 Å². The van der Waals surface area contributed by atoms with Gasteiger partial charge < -0.3 is 24.4 Å². The maximum atomic E-state index is 13.2. The predicted octanol–water partition coefficient (Wildman–Crippen LogP) is 3.87. The van der Waals surface area contributed by atoms with Crippen molar-refractivity contribution in [1.29, 1.82) is 0 Å². The molecule has 0 bridgehead atoms. The normalized spacial score (nSPS) is 19.4. The van der Waals surface area contributed by atoms with Crippen LogP contribution in [0.4, 0.5) is 0 Å². The van der Waals surface area contributed by atoms with Crippen LogP contribution in [0.5, 0.6) is 11.5 Å². The molecular formula is C25H27ClN2O5. The maximum Gasteiger partial charge on any atom is 0.295 e. The number of halogens is 1. The third-order valence-corrected chi connectivity index (χ3v) is 6.31. The number of carbonyl (C=O) groups is 2. The van der Waals surface area contributed by atoms with Crippen molar-refractivity contribution in [3.63, 3.8) is 0 Å². The van der Waals surface area contributed by atoms with Crippen LogP contribution in [0, 0.1) is 0 Å². The van der Waals surface area contributed by atoms with Gasteiger partial charge in [-0.05, 0) is 49.0 Å². The number of benzene rings is 2. The Balaban J connectivity index is 1.79. The zero-order chi connectivity index (χ0) is 23.5. The highest BCUT2D eigenvalue weighted by atomic mass is 35.5. The number of hydrogen-bond acceptors (Lipinski definition) is 6. The summed E-state index contributed by atoms with van der Waals surface area (Å²) in [5.41, 5.74) is 1.09. The summed E-state index contributed by atoms with van der Waals surface area (Å²) in [7, 11) is 0. The van der Waals surface area contributed by atoms with Crippen molar-refractivity contribution in [3.8, 4) is 11.5 Å². The van der Waals surface area contributed by atoms with Gasteiger partial charge in [-0.1, -0.05) is 37.6 Å². The van der Waals surface area contributed by atoms with Gasteiger partial charge in [0.25, 0.3) is 11.7 Å². The molecule has 0 spiro atoms. The van der Waals surface area contributed by atoms with Crippen molar-refractivity contribution in [2.24, 2.45) is 0 Å². The molecule has 0 unspecified atom stereocenters. The smallest absolute Gasteiger partial charge is 0.295 e. The fraction of sp³-hybridized carbons (Fsp3) is 0.360. The molecule has 0 aromatic heterocycles. The lowest BCUT2D eigenvalue weighted by Gasteiger charge is -2.28. The second-order valence-corrected chi connectivity index (χ2v) is 8.37. The largest absolute Gasteiger partial charge is 0.507 e. The molecule has 0 aliphatic carbocycles. The second kappa shape index (κ2) is 9.85. The summed E-state index contributed by atoms with van der Waals surface area (Å²) in [5.74, 6) is -0.539. The van der Waals surface area contributed by atoms with E-state index >= 15 is 0 Å². The summed E-state index contributed by atoms with van der Waals surface area (Å²) in [4.78, 5) is 29.9. The fourth-order valence-corrected chi connectivity index (χ4v) is 4.47. The van der Waals surface area contributed by atoms with E-state index in [-0.39, 0.29) is 11.3 Å². The summed E-state index contributed by atoms with van der Waals surface area (Å²) in [6.07, 6.45) is 0. The Hall–Kier alpha value is -3.03. The van der Waals surface area contributed by atoms with Crippen molar-refractivity contribution in [2.45, 2.75) is 19.9 Å². The number of hydrogen-bond donors (Lipinski definition) is 1. The van der Waals surface area contributed by atoms with Crippen LogP contribution < -0.4 is 9.47 Å². The van der Waals surface area contributed by atoms with E-state index in [1.807, 2.05) is 19.9 Å². The molecule has 174 valence electrons. The van der Waals surface area contributed by atoms with E-state index in [0.29, 0.717) is 54.0 Å². The van der Waals surface area contributed by atoms with Gasteiger partial charge in [0.15, 0.2) is 11.5 Å². The van der Waals surface area contributed by atoms with E-state index in [0.717, 1.165) is 13.1 Å². The number of nitrogens with zero attached hydrogens (tertiary/aromatic N) is 2. The average molecular weight is 471 g/mol. The molecular weight excluding hydrogens is 444 g/mol. The first-order chi connectivity index (χ1) is 15.9. The third kappa shape index (κ3) is 4.56. The standard InChI is InChI=1S/C25H27ClN2O5/c1-3-27(4-2)10-11-28-22(16-6-5-7-18(26)14-16)21(24(30)25(28)31)23(29)17-8-9-19-20(15-17)33-13-12-32-19/h5-9,14-15,22,29H,3-4,10-13H2,1-2H3/b23-21+/t22-/m1/s1. The van der Waals surface area contributed by atoms with E-state index < -0.39 is 17.7 Å². The molecule has 8 heteroatoms. The van der Waals surface area contributed by atoms with Gasteiger partial charge in [0.2, 0.25) is 0 Å². The van der Waals surface area contributed by atoms with Crippen molar-refractivity contribution < 1.29 is 24.2 Å². The van der Waals surface area contributed by atoms with E-state index in [2.05, 4.69) is 4.90 Å². The van der Waals surface area contributed by atoms with Crippen LogP contribution in [-0.2, 0) is 9.59 Å². The van der Waals surface area contributed by atoms with E-state index in [4.69, 9.17) is 21.1 Å². The third-order valence-electron chi connectivity index (χ3n) is 6.07. The lowest BCUT2D eigenvalue weighted by Crippen LogP contribution is -2.38. The molecule has 1 saturated heterocycles. The molecule has 1 amide bonds. The SMILES string of the molecule is CCN(CC)CCN1C(=O)C(=O)/C(=C(/O)c2ccc3c(c2)OCCO3)[C@H]1c1cccc(Cl)c1. The maximum absolute atomic E-state index is 13.2. The minimum absolute atomic E-state index is 0.0403. The number of likely N-dealkylation sites (tertiary alicyclic amines) is 1. The van der Waals surface area contributed by atoms with Crippen molar-refractivity contribution in [3.05, 3.63) is 64.2 Å². The van der Waals surface area contributed by atoms with Gasteiger partial charge in [0, 0.05) is 23.7 Å². The van der Waals surface area contributed by atoms with Crippen molar-refractivity contribution in [2.75, 3.05) is 39.4 Å². The molecule has 1 fully saturated rings. The minimum Gasteiger partial charge on any atom is -0.507 e. The molecule has 7 nitrogen and oxygen atoms in total. The fourth-order valence-electron chi connectivity index (χ4n) is 4.27.